The van der Waals surface area contributed by atoms with Gasteiger partial charge in [0.15, 0.2) is 11.3 Å². The first-order valence-corrected chi connectivity index (χ1v) is 6.84. The zero-order valence-corrected chi connectivity index (χ0v) is 11.5. The Kier molecular flexibility index (Phi) is 2.48. The Balaban J connectivity index is 1.92. The van der Waals surface area contributed by atoms with Gasteiger partial charge in [0.2, 0.25) is 5.78 Å². The van der Waals surface area contributed by atoms with E-state index in [0.29, 0.717) is 11.3 Å². The highest BCUT2D eigenvalue weighted by atomic mass is 16.3. The Morgan fingerprint density at radius 2 is 1.76 bits per heavy atom. The van der Waals surface area contributed by atoms with Gasteiger partial charge in [-0.3, -0.25) is 4.79 Å². The topological polar surface area (TPSA) is 34.6 Å². The molecule has 0 spiro atoms. The van der Waals surface area contributed by atoms with Crippen molar-refractivity contribution in [3.05, 3.63) is 77.7 Å². The number of fused-ring (bicyclic) bond motifs is 3. The van der Waals surface area contributed by atoms with Crippen molar-refractivity contribution in [2.45, 2.75) is 6.92 Å². The van der Waals surface area contributed by atoms with Gasteiger partial charge in [-0.25, -0.2) is 0 Å². The molecule has 4 rings (SSSR count). The minimum Gasteiger partial charge on any atom is -0.451 e. The van der Waals surface area contributed by atoms with Crippen LogP contribution in [0.15, 0.2) is 65.2 Å². The van der Waals surface area contributed by atoms with Gasteiger partial charge < -0.3 is 8.82 Å². The molecule has 102 valence electrons. The summed E-state index contributed by atoms with van der Waals surface area (Å²) in [7, 11) is 0. The third kappa shape index (κ3) is 1.71. The second kappa shape index (κ2) is 4.35. The zero-order valence-electron chi connectivity index (χ0n) is 11.5. The van der Waals surface area contributed by atoms with Crippen molar-refractivity contribution in [2.24, 2.45) is 0 Å². The van der Waals surface area contributed by atoms with Crippen molar-refractivity contribution in [2.75, 3.05) is 0 Å². The Labute approximate surface area is 121 Å². The van der Waals surface area contributed by atoms with Crippen molar-refractivity contribution in [1.29, 1.82) is 0 Å². The number of carbonyl (C=O) groups is 1. The molecule has 4 aromatic rings. The number of carbonyl (C=O) groups excluding carboxylic acids is 1. The number of aryl methyl sites for hydroxylation is 1. The lowest BCUT2D eigenvalue weighted by Crippen LogP contribution is -1.98. The maximum atomic E-state index is 12.5. The lowest BCUT2D eigenvalue weighted by atomic mass is 10.1. The predicted molar refractivity (Wildman–Crippen MR) is 81.8 cm³/mol. The SMILES string of the molecule is Cc1c2oc(C(=O)c3ccccc3)cc2n2ccccc12. The first-order chi connectivity index (χ1) is 10.3. The summed E-state index contributed by atoms with van der Waals surface area (Å²) in [4.78, 5) is 12.5. The fourth-order valence-electron chi connectivity index (χ4n) is 2.75. The van der Waals surface area contributed by atoms with E-state index in [1.807, 2.05) is 55.6 Å². The van der Waals surface area contributed by atoms with E-state index in [9.17, 15) is 4.79 Å². The number of aromatic nitrogens is 1. The quantitative estimate of drug-likeness (QED) is 0.513. The molecule has 0 saturated heterocycles. The van der Waals surface area contributed by atoms with Crippen LogP contribution in [0, 0.1) is 6.92 Å². The Morgan fingerprint density at radius 3 is 2.57 bits per heavy atom. The van der Waals surface area contributed by atoms with Crippen molar-refractivity contribution in [3.63, 3.8) is 0 Å². The lowest BCUT2D eigenvalue weighted by Gasteiger charge is -1.97. The predicted octanol–water partition coefficient (Wildman–Crippen LogP) is 4.22. The van der Waals surface area contributed by atoms with Crippen molar-refractivity contribution < 1.29 is 9.21 Å². The number of furan rings is 1. The number of rotatable bonds is 2. The fourth-order valence-corrected chi connectivity index (χ4v) is 2.75. The third-order valence-corrected chi connectivity index (χ3v) is 3.82. The van der Waals surface area contributed by atoms with Crippen molar-refractivity contribution in [1.82, 2.24) is 4.40 Å². The highest BCUT2D eigenvalue weighted by Crippen LogP contribution is 2.29. The van der Waals surface area contributed by atoms with E-state index in [1.54, 1.807) is 12.1 Å². The summed E-state index contributed by atoms with van der Waals surface area (Å²) in [6.45, 7) is 2.01. The summed E-state index contributed by atoms with van der Waals surface area (Å²) >= 11 is 0. The number of hydrogen-bond donors (Lipinski definition) is 0. The van der Waals surface area contributed by atoms with Crippen LogP contribution in [0.3, 0.4) is 0 Å². The molecule has 0 unspecified atom stereocenters. The monoisotopic (exact) mass is 275 g/mol. The number of pyridine rings is 1. The maximum absolute atomic E-state index is 12.5. The third-order valence-electron chi connectivity index (χ3n) is 3.82. The Hall–Kier alpha value is -2.81. The number of nitrogens with zero attached hydrogens (tertiary/aromatic N) is 1. The summed E-state index contributed by atoms with van der Waals surface area (Å²) < 4.78 is 7.88. The molecular formula is C18H13NO2. The minimum absolute atomic E-state index is 0.0871. The zero-order chi connectivity index (χ0) is 14.4. The average Bonchev–Trinajstić information content (AvgIpc) is 3.08. The second-order valence-corrected chi connectivity index (χ2v) is 5.10. The van der Waals surface area contributed by atoms with E-state index < -0.39 is 0 Å². The van der Waals surface area contributed by atoms with Crippen LogP contribution in [-0.4, -0.2) is 10.2 Å². The number of hydrogen-bond acceptors (Lipinski definition) is 2. The van der Waals surface area contributed by atoms with Crippen LogP contribution in [-0.2, 0) is 0 Å². The molecule has 3 heteroatoms. The smallest absolute Gasteiger partial charge is 0.228 e. The van der Waals surface area contributed by atoms with Crippen LogP contribution in [0.1, 0.15) is 21.7 Å². The first-order valence-electron chi connectivity index (χ1n) is 6.84. The lowest BCUT2D eigenvalue weighted by molar-refractivity contribution is 0.101. The van der Waals surface area contributed by atoms with Gasteiger partial charge >= 0.3 is 0 Å². The van der Waals surface area contributed by atoms with Gasteiger partial charge in [-0.15, -0.1) is 0 Å². The Bertz CT molecular complexity index is 961. The summed E-state index contributed by atoms with van der Waals surface area (Å²) in [5, 5.41) is 0. The van der Waals surface area contributed by atoms with Gasteiger partial charge in [0.1, 0.15) is 0 Å². The molecule has 0 saturated carbocycles. The molecule has 3 nitrogen and oxygen atoms in total. The molecule has 0 fully saturated rings. The summed E-state index contributed by atoms with van der Waals surface area (Å²) in [6, 6.07) is 17.0. The van der Waals surface area contributed by atoms with Gasteiger partial charge in [0.25, 0.3) is 0 Å². The van der Waals surface area contributed by atoms with Gasteiger partial charge in [-0.1, -0.05) is 36.4 Å². The van der Waals surface area contributed by atoms with Gasteiger partial charge in [0, 0.05) is 23.4 Å². The van der Waals surface area contributed by atoms with E-state index in [2.05, 4.69) is 4.40 Å². The average molecular weight is 275 g/mol. The second-order valence-electron chi connectivity index (χ2n) is 5.10. The van der Waals surface area contributed by atoms with Crippen LogP contribution >= 0.6 is 0 Å². The molecule has 0 aliphatic heterocycles. The van der Waals surface area contributed by atoms with E-state index >= 15 is 0 Å². The minimum atomic E-state index is -0.0871. The van der Waals surface area contributed by atoms with E-state index in [-0.39, 0.29) is 5.78 Å². The molecule has 0 atom stereocenters. The van der Waals surface area contributed by atoms with Crippen LogP contribution in [0.4, 0.5) is 0 Å². The molecule has 3 heterocycles. The Morgan fingerprint density at radius 1 is 1.00 bits per heavy atom. The summed E-state index contributed by atoms with van der Waals surface area (Å²) in [6.07, 6.45) is 1.98. The molecule has 0 amide bonds. The molecular weight excluding hydrogens is 262 g/mol. The standard InChI is InChI=1S/C18H13NO2/c1-12-14-9-5-6-10-19(14)15-11-16(21-18(12)15)17(20)13-7-3-2-4-8-13/h2-11H,1H3. The highest BCUT2D eigenvalue weighted by Gasteiger charge is 2.18. The van der Waals surface area contributed by atoms with E-state index in [1.165, 1.54) is 0 Å². The molecule has 1 aromatic carbocycles. The molecule has 3 aromatic heterocycles. The molecule has 0 bridgehead atoms. The van der Waals surface area contributed by atoms with Gasteiger partial charge in [0.05, 0.1) is 11.0 Å². The van der Waals surface area contributed by atoms with Gasteiger partial charge in [-0.2, -0.15) is 0 Å². The molecule has 0 N–H and O–H groups in total. The maximum Gasteiger partial charge on any atom is 0.228 e. The molecule has 21 heavy (non-hydrogen) atoms. The van der Waals surface area contributed by atoms with Crippen LogP contribution in [0.25, 0.3) is 16.6 Å². The normalized spacial score (nSPS) is 11.3. The summed E-state index contributed by atoms with van der Waals surface area (Å²) in [5.41, 5.74) is 4.51. The van der Waals surface area contributed by atoms with E-state index in [4.69, 9.17) is 4.42 Å². The molecule has 0 radical (unpaired) electrons. The fraction of sp³-hybridized carbons (Fsp3) is 0.0556. The van der Waals surface area contributed by atoms with Crippen molar-refractivity contribution in [3.8, 4) is 0 Å². The number of benzene rings is 1. The van der Waals surface area contributed by atoms with Crippen LogP contribution in [0.2, 0.25) is 0 Å². The molecule has 0 aliphatic carbocycles. The largest absolute Gasteiger partial charge is 0.451 e. The summed E-state index contributed by atoms with van der Waals surface area (Å²) in [5.74, 6) is 0.295. The highest BCUT2D eigenvalue weighted by molar-refractivity contribution is 6.09. The van der Waals surface area contributed by atoms with E-state index in [0.717, 1.165) is 22.2 Å². The number of ketones is 1. The van der Waals surface area contributed by atoms with Crippen LogP contribution in [0.5, 0.6) is 0 Å². The van der Waals surface area contributed by atoms with Crippen LogP contribution < -0.4 is 0 Å². The van der Waals surface area contributed by atoms with Gasteiger partial charge in [-0.05, 0) is 19.1 Å². The van der Waals surface area contributed by atoms with Crippen molar-refractivity contribution >= 4 is 22.4 Å². The molecule has 0 aliphatic rings. The first kappa shape index (κ1) is 12.0.